The first-order valence-corrected chi connectivity index (χ1v) is 4.91. The lowest BCUT2D eigenvalue weighted by Gasteiger charge is -2.18. The second-order valence-electron chi connectivity index (χ2n) is 3.73. The van der Waals surface area contributed by atoms with Crippen LogP contribution in [0.1, 0.15) is 25.7 Å². The normalized spacial score (nSPS) is 24.1. The maximum absolute atomic E-state index is 11.5. The van der Waals surface area contributed by atoms with Crippen LogP contribution in [0.15, 0.2) is 0 Å². The third kappa shape index (κ3) is 3.74. The average Bonchev–Trinajstić information content (AvgIpc) is 2.29. The monoisotopic (exact) mass is 185 g/mol. The minimum Gasteiger partial charge on any atom is -0.306 e. The van der Waals surface area contributed by atoms with Gasteiger partial charge in [-0.1, -0.05) is 12.8 Å². The number of carbonyl (C=O) groups excluding carboxylic acids is 1. The van der Waals surface area contributed by atoms with Crippen molar-refractivity contribution in [3.8, 4) is 0 Å². The van der Waals surface area contributed by atoms with Gasteiger partial charge in [0, 0.05) is 14.1 Å². The van der Waals surface area contributed by atoms with Crippen molar-refractivity contribution in [2.45, 2.75) is 31.7 Å². The fourth-order valence-electron chi connectivity index (χ4n) is 1.55. The fourth-order valence-corrected chi connectivity index (χ4v) is 1.55. The smallest absolute Gasteiger partial charge is 0.251 e. The Morgan fingerprint density at radius 1 is 1.38 bits per heavy atom. The Kier molecular flexibility index (Phi) is 4.18. The second-order valence-corrected chi connectivity index (χ2v) is 3.73. The van der Waals surface area contributed by atoms with Crippen LogP contribution < -0.4 is 10.7 Å². The first-order chi connectivity index (χ1) is 6.20. The van der Waals surface area contributed by atoms with Crippen molar-refractivity contribution < 1.29 is 4.79 Å². The maximum atomic E-state index is 11.5. The molecule has 4 heteroatoms. The molecule has 1 unspecified atom stereocenters. The molecule has 1 amide bonds. The summed E-state index contributed by atoms with van der Waals surface area (Å²) in [6.07, 6.45) is 4.53. The molecule has 1 fully saturated rings. The molecule has 1 aliphatic heterocycles. The number of hydrazine groups is 1. The third-order valence-electron chi connectivity index (χ3n) is 2.21. The highest BCUT2D eigenvalue weighted by Crippen LogP contribution is 2.08. The van der Waals surface area contributed by atoms with Gasteiger partial charge in [0.25, 0.3) is 5.91 Å². The second kappa shape index (κ2) is 5.19. The third-order valence-corrected chi connectivity index (χ3v) is 2.21. The summed E-state index contributed by atoms with van der Waals surface area (Å²) < 4.78 is 0. The van der Waals surface area contributed by atoms with Crippen LogP contribution in [0.25, 0.3) is 0 Å². The van der Waals surface area contributed by atoms with Crippen molar-refractivity contribution in [1.29, 1.82) is 0 Å². The summed E-state index contributed by atoms with van der Waals surface area (Å²) in [5.74, 6) is 0.0897. The van der Waals surface area contributed by atoms with Crippen molar-refractivity contribution in [3.05, 3.63) is 0 Å². The van der Waals surface area contributed by atoms with E-state index in [-0.39, 0.29) is 11.9 Å². The molecule has 76 valence electrons. The maximum Gasteiger partial charge on any atom is 0.251 e. The largest absolute Gasteiger partial charge is 0.306 e. The quantitative estimate of drug-likeness (QED) is 0.600. The van der Waals surface area contributed by atoms with E-state index in [1.54, 1.807) is 5.01 Å². The molecule has 0 aromatic carbocycles. The zero-order valence-electron chi connectivity index (χ0n) is 8.47. The Morgan fingerprint density at radius 2 is 2.15 bits per heavy atom. The number of hydrogen-bond acceptors (Lipinski definition) is 3. The highest BCUT2D eigenvalue weighted by molar-refractivity contribution is 5.81. The topological polar surface area (TPSA) is 44.4 Å². The van der Waals surface area contributed by atoms with Gasteiger partial charge in [-0.25, -0.2) is 5.01 Å². The fraction of sp³-hybridized carbons (Fsp3) is 0.889. The summed E-state index contributed by atoms with van der Waals surface area (Å²) in [6, 6.07) is 0.00454. The molecule has 0 aromatic heterocycles. The number of amides is 1. The van der Waals surface area contributed by atoms with E-state index in [9.17, 15) is 4.79 Å². The van der Waals surface area contributed by atoms with E-state index in [0.717, 1.165) is 19.4 Å². The van der Waals surface area contributed by atoms with E-state index in [2.05, 4.69) is 10.7 Å². The summed E-state index contributed by atoms with van der Waals surface area (Å²) in [5, 5.41) is 4.94. The lowest BCUT2D eigenvalue weighted by molar-refractivity contribution is -0.127. The van der Waals surface area contributed by atoms with Crippen LogP contribution in [0.2, 0.25) is 0 Å². The van der Waals surface area contributed by atoms with Crippen LogP contribution in [0.5, 0.6) is 0 Å². The number of nitrogens with zero attached hydrogens (tertiary/aromatic N) is 1. The van der Waals surface area contributed by atoms with Gasteiger partial charge in [-0.2, -0.15) is 0 Å². The zero-order chi connectivity index (χ0) is 9.68. The Balaban J connectivity index is 2.35. The van der Waals surface area contributed by atoms with Gasteiger partial charge < -0.3 is 5.32 Å². The molecule has 1 saturated heterocycles. The van der Waals surface area contributed by atoms with Crippen LogP contribution in [0.3, 0.4) is 0 Å². The molecule has 1 atom stereocenters. The van der Waals surface area contributed by atoms with Gasteiger partial charge in [-0.15, -0.1) is 0 Å². The minimum atomic E-state index is 0.00454. The predicted molar refractivity (Wildman–Crippen MR) is 52.1 cm³/mol. The summed E-state index contributed by atoms with van der Waals surface area (Å²) in [7, 11) is 3.66. The van der Waals surface area contributed by atoms with Gasteiger partial charge >= 0.3 is 0 Å². The molecular weight excluding hydrogens is 166 g/mol. The van der Waals surface area contributed by atoms with E-state index in [1.165, 1.54) is 12.8 Å². The number of nitrogens with one attached hydrogen (secondary N) is 2. The molecule has 0 aromatic rings. The van der Waals surface area contributed by atoms with Gasteiger partial charge in [0.15, 0.2) is 0 Å². The first kappa shape index (κ1) is 10.5. The molecule has 13 heavy (non-hydrogen) atoms. The zero-order valence-corrected chi connectivity index (χ0v) is 8.47. The van der Waals surface area contributed by atoms with E-state index in [4.69, 9.17) is 0 Å². The van der Waals surface area contributed by atoms with Crippen molar-refractivity contribution in [2.75, 3.05) is 20.6 Å². The van der Waals surface area contributed by atoms with Gasteiger partial charge in [0.1, 0.15) is 0 Å². The van der Waals surface area contributed by atoms with Gasteiger partial charge in [-0.3, -0.25) is 10.2 Å². The Morgan fingerprint density at radius 3 is 2.85 bits per heavy atom. The molecule has 2 N–H and O–H groups in total. The van der Waals surface area contributed by atoms with Crippen LogP contribution in [0, 0.1) is 0 Å². The van der Waals surface area contributed by atoms with Crippen LogP contribution in [-0.2, 0) is 4.79 Å². The molecule has 1 rings (SSSR count). The number of carbonyl (C=O) groups is 1. The molecular formula is C9H19N3O. The molecule has 0 aliphatic carbocycles. The highest BCUT2D eigenvalue weighted by Gasteiger charge is 2.19. The average molecular weight is 185 g/mol. The molecule has 4 nitrogen and oxygen atoms in total. The van der Waals surface area contributed by atoms with E-state index in [0.29, 0.717) is 0 Å². The van der Waals surface area contributed by atoms with E-state index < -0.39 is 0 Å². The summed E-state index contributed by atoms with van der Waals surface area (Å²) >= 11 is 0. The first-order valence-electron chi connectivity index (χ1n) is 4.91. The minimum absolute atomic E-state index is 0.00454. The summed E-state index contributed by atoms with van der Waals surface area (Å²) in [4.78, 5) is 11.5. The van der Waals surface area contributed by atoms with Crippen molar-refractivity contribution in [3.63, 3.8) is 0 Å². The molecule has 1 aliphatic rings. The van der Waals surface area contributed by atoms with Crippen LogP contribution in [-0.4, -0.2) is 37.6 Å². The van der Waals surface area contributed by atoms with Gasteiger partial charge in [0.2, 0.25) is 0 Å². The predicted octanol–water partition coefficient (Wildman–Crippen LogP) is 0.111. The molecule has 0 spiro atoms. The Bertz CT molecular complexity index is 162. The SMILES string of the molecule is CN(C)NC(=O)C1CCCCCN1. The van der Waals surface area contributed by atoms with Crippen molar-refractivity contribution in [1.82, 2.24) is 15.8 Å². The molecule has 0 bridgehead atoms. The summed E-state index contributed by atoms with van der Waals surface area (Å²) in [5.41, 5.74) is 2.77. The van der Waals surface area contributed by atoms with Crippen LogP contribution >= 0.6 is 0 Å². The van der Waals surface area contributed by atoms with Gasteiger partial charge in [0.05, 0.1) is 6.04 Å². The van der Waals surface area contributed by atoms with E-state index in [1.807, 2.05) is 14.1 Å². The lowest BCUT2D eigenvalue weighted by atomic mass is 10.1. The molecule has 0 radical (unpaired) electrons. The Hall–Kier alpha value is -0.610. The van der Waals surface area contributed by atoms with Crippen molar-refractivity contribution >= 4 is 5.91 Å². The number of hydrogen-bond donors (Lipinski definition) is 2. The van der Waals surface area contributed by atoms with Crippen molar-refractivity contribution in [2.24, 2.45) is 0 Å². The number of rotatable bonds is 2. The van der Waals surface area contributed by atoms with Gasteiger partial charge in [-0.05, 0) is 19.4 Å². The highest BCUT2D eigenvalue weighted by atomic mass is 16.2. The van der Waals surface area contributed by atoms with E-state index >= 15 is 0 Å². The summed E-state index contributed by atoms with van der Waals surface area (Å²) in [6.45, 7) is 0.964. The standard InChI is InChI=1S/C9H19N3O/c1-12(2)11-9(13)8-6-4-3-5-7-10-8/h8,10H,3-7H2,1-2H3,(H,11,13). The molecule has 1 heterocycles. The Labute approximate surface area is 79.6 Å². The lowest BCUT2D eigenvalue weighted by Crippen LogP contribution is -2.48. The molecule has 0 saturated carbocycles. The van der Waals surface area contributed by atoms with Crippen LogP contribution in [0.4, 0.5) is 0 Å².